The van der Waals surface area contributed by atoms with Crippen molar-refractivity contribution >= 4 is 35.8 Å². The first-order valence-electron chi connectivity index (χ1n) is 8.49. The fraction of sp³-hybridized carbons (Fsp3) is 0.143. The van der Waals surface area contributed by atoms with Crippen molar-refractivity contribution in [3.8, 4) is 5.75 Å². The van der Waals surface area contributed by atoms with E-state index >= 15 is 0 Å². The highest BCUT2D eigenvalue weighted by Crippen LogP contribution is 2.39. The Morgan fingerprint density at radius 2 is 1.41 bits per heavy atom. The monoisotopic (exact) mass is 415 g/mol. The number of nitrogens with zero attached hydrogens (tertiary/aromatic N) is 1. The van der Waals surface area contributed by atoms with Crippen molar-refractivity contribution in [3.63, 3.8) is 0 Å². The van der Waals surface area contributed by atoms with Crippen LogP contribution in [0.15, 0.2) is 84.9 Å². The van der Waals surface area contributed by atoms with Crippen molar-refractivity contribution in [1.29, 1.82) is 0 Å². The lowest BCUT2D eigenvalue weighted by atomic mass is 10.2. The Kier molecular flexibility index (Phi) is 9.29. The quantitative estimate of drug-likeness (QED) is 0.409. The van der Waals surface area contributed by atoms with Gasteiger partial charge in [0, 0.05) is 6.54 Å². The van der Waals surface area contributed by atoms with Crippen LogP contribution in [0, 0.1) is 0 Å². The number of benzene rings is 3. The zero-order chi connectivity index (χ0) is 19.5. The van der Waals surface area contributed by atoms with Crippen molar-refractivity contribution in [2.24, 2.45) is 5.73 Å². The van der Waals surface area contributed by atoms with Gasteiger partial charge >= 0.3 is 6.05 Å². The lowest BCUT2D eigenvalue weighted by molar-refractivity contribution is 0.415. The Labute approximate surface area is 172 Å². The lowest BCUT2D eigenvalue weighted by Gasteiger charge is -2.14. The Morgan fingerprint density at radius 1 is 0.889 bits per heavy atom. The van der Waals surface area contributed by atoms with Gasteiger partial charge in [-0.1, -0.05) is 60.7 Å². The molecule has 0 aromatic heterocycles. The molecule has 0 heterocycles. The molecule has 6 heteroatoms. The van der Waals surface area contributed by atoms with Crippen LogP contribution in [0.4, 0.5) is 5.69 Å². The molecule has 3 nitrogen and oxygen atoms in total. The van der Waals surface area contributed by atoms with Crippen LogP contribution < -0.4 is 15.1 Å². The van der Waals surface area contributed by atoms with Gasteiger partial charge in [-0.25, -0.2) is 0 Å². The molecule has 0 radical (unpaired) electrons. The van der Waals surface area contributed by atoms with E-state index < -0.39 is 6.05 Å². The molecule has 140 valence electrons. The van der Waals surface area contributed by atoms with E-state index in [9.17, 15) is 0 Å². The minimum atomic E-state index is -0.907. The van der Waals surface area contributed by atoms with E-state index in [0.717, 1.165) is 18.0 Å². The summed E-state index contributed by atoms with van der Waals surface area (Å²) in [5, 5.41) is 0. The number of ether oxygens (including phenoxy) is 1. The van der Waals surface area contributed by atoms with Gasteiger partial charge in [0.1, 0.15) is 18.0 Å². The van der Waals surface area contributed by atoms with Crippen LogP contribution >= 0.6 is 18.3 Å². The average molecular weight is 416 g/mol. The van der Waals surface area contributed by atoms with Crippen LogP contribution in [0.1, 0.15) is 11.1 Å². The Morgan fingerprint density at radius 3 is 1.81 bits per heavy atom. The molecular weight excluding hydrogens is 391 g/mol. The fourth-order valence-corrected chi connectivity index (χ4v) is 3.95. The number of hydrogen-bond acceptors (Lipinski definition) is 3. The third-order valence-electron chi connectivity index (χ3n) is 3.83. The smallest absolute Gasteiger partial charge is 0.365 e. The molecule has 0 saturated carbocycles. The number of anilines is 1. The van der Waals surface area contributed by atoms with Crippen molar-refractivity contribution in [1.82, 2.24) is 0 Å². The maximum atomic E-state index is 5.37. The molecule has 0 aliphatic heterocycles. The van der Waals surface area contributed by atoms with Gasteiger partial charge in [0.2, 0.25) is 11.8 Å². The van der Waals surface area contributed by atoms with Crippen molar-refractivity contribution in [2.75, 3.05) is 11.8 Å². The Balaban J connectivity index is 0.000000273. The van der Waals surface area contributed by atoms with Gasteiger partial charge in [-0.15, -0.1) is 0 Å². The third-order valence-corrected chi connectivity index (χ3v) is 5.86. The zero-order valence-corrected chi connectivity index (χ0v) is 17.8. The van der Waals surface area contributed by atoms with E-state index in [2.05, 4.69) is 29.1 Å². The standard InChI is InChI=1S/C14H14NOPS2.C7H9N/c1-16-14-9-7-13(8-10-14)15(17(18)19)11-12-5-3-2-4-6-12;8-6-7-4-2-1-3-5-7/h2-10H,11H2,1H3;1-5H,6,8H2/p+1. The van der Waals surface area contributed by atoms with Crippen LogP contribution in [0.25, 0.3) is 0 Å². The first-order valence-corrected chi connectivity index (χ1v) is 12.0. The predicted molar refractivity (Wildman–Crippen MR) is 123 cm³/mol. The molecule has 0 spiro atoms. The van der Waals surface area contributed by atoms with Gasteiger partial charge in [-0.05, 0) is 35.4 Å². The lowest BCUT2D eigenvalue weighted by Crippen LogP contribution is -2.11. The summed E-state index contributed by atoms with van der Waals surface area (Å²) in [4.78, 5) is 0. The first-order chi connectivity index (χ1) is 13.1. The second-order valence-corrected chi connectivity index (χ2v) is 9.66. The number of hydrogen-bond donors (Lipinski definition) is 2. The molecule has 1 unspecified atom stereocenters. The highest BCUT2D eigenvalue weighted by molar-refractivity contribution is 8.56. The molecule has 0 aliphatic carbocycles. The van der Waals surface area contributed by atoms with Crippen LogP contribution in [0.5, 0.6) is 5.75 Å². The molecule has 3 rings (SSSR count). The number of rotatable bonds is 6. The van der Waals surface area contributed by atoms with E-state index in [0.29, 0.717) is 6.54 Å². The van der Waals surface area contributed by atoms with Crippen LogP contribution in [-0.2, 0) is 24.9 Å². The molecular formula is C21H24N2OPS2+. The summed E-state index contributed by atoms with van der Waals surface area (Å²) in [6, 6.07) is 27.3. The molecule has 0 aliphatic rings. The zero-order valence-electron chi connectivity index (χ0n) is 15.2. The summed E-state index contributed by atoms with van der Waals surface area (Å²) in [7, 11) is 1.66. The third kappa shape index (κ3) is 7.31. The molecule has 0 amide bonds. The average Bonchev–Trinajstić information content (AvgIpc) is 2.74. The van der Waals surface area contributed by atoms with Crippen LogP contribution in [0.2, 0.25) is 0 Å². The number of methoxy groups -OCH3 is 1. The maximum Gasteiger partial charge on any atom is 0.365 e. The summed E-state index contributed by atoms with van der Waals surface area (Å²) >= 11 is 9.82. The summed E-state index contributed by atoms with van der Waals surface area (Å²) in [5.74, 6) is 0.844. The minimum Gasteiger partial charge on any atom is -0.497 e. The normalized spacial score (nSPS) is 10.4. The molecule has 1 atom stereocenters. The van der Waals surface area contributed by atoms with Crippen molar-refractivity contribution in [3.05, 3.63) is 96.1 Å². The fourth-order valence-electron chi connectivity index (χ4n) is 2.38. The molecule has 2 N–H and O–H groups in total. The molecule has 27 heavy (non-hydrogen) atoms. The van der Waals surface area contributed by atoms with E-state index in [-0.39, 0.29) is 0 Å². The van der Waals surface area contributed by atoms with E-state index in [4.69, 9.17) is 22.3 Å². The first kappa shape index (κ1) is 21.4. The van der Waals surface area contributed by atoms with Gasteiger partial charge in [0.25, 0.3) is 0 Å². The second-order valence-electron chi connectivity index (χ2n) is 5.68. The number of nitrogens with two attached hydrogens (primary N) is 1. The van der Waals surface area contributed by atoms with E-state index in [1.807, 2.05) is 72.8 Å². The van der Waals surface area contributed by atoms with Gasteiger partial charge < -0.3 is 10.5 Å². The van der Waals surface area contributed by atoms with Crippen LogP contribution in [0.3, 0.4) is 0 Å². The molecule has 0 saturated heterocycles. The van der Waals surface area contributed by atoms with Gasteiger partial charge in [0.15, 0.2) is 0 Å². The SMILES string of the molecule is COc1ccc(N(Cc2ccccc2)[P+](=S)S)cc1.NCc1ccccc1. The summed E-state index contributed by atoms with van der Waals surface area (Å²) in [5.41, 5.74) is 8.83. The van der Waals surface area contributed by atoms with E-state index in [1.54, 1.807) is 7.11 Å². The molecule has 3 aromatic rings. The van der Waals surface area contributed by atoms with Crippen molar-refractivity contribution in [2.45, 2.75) is 13.1 Å². The minimum absolute atomic E-state index is 0.640. The number of thiol groups is 1. The molecule has 3 aromatic carbocycles. The largest absolute Gasteiger partial charge is 0.497 e. The highest BCUT2D eigenvalue weighted by Gasteiger charge is 2.20. The van der Waals surface area contributed by atoms with Gasteiger partial charge in [-0.3, -0.25) is 0 Å². The van der Waals surface area contributed by atoms with Crippen LogP contribution in [-0.4, -0.2) is 7.11 Å². The predicted octanol–water partition coefficient (Wildman–Crippen LogP) is 5.55. The summed E-state index contributed by atoms with van der Waals surface area (Å²) in [6.07, 6.45) is 0. The van der Waals surface area contributed by atoms with Crippen molar-refractivity contribution < 1.29 is 4.74 Å². The molecule has 0 bridgehead atoms. The Bertz CT molecular complexity index is 815. The second kappa shape index (κ2) is 11.7. The topological polar surface area (TPSA) is 38.5 Å². The highest BCUT2D eigenvalue weighted by atomic mass is 32.9. The van der Waals surface area contributed by atoms with Gasteiger partial charge in [-0.2, -0.15) is 4.67 Å². The molecule has 0 fully saturated rings. The van der Waals surface area contributed by atoms with E-state index in [1.165, 1.54) is 11.1 Å². The maximum absolute atomic E-state index is 5.37. The summed E-state index contributed by atoms with van der Waals surface area (Å²) < 4.78 is 7.30. The summed E-state index contributed by atoms with van der Waals surface area (Å²) in [6.45, 7) is 1.41. The van der Waals surface area contributed by atoms with Gasteiger partial charge in [0.05, 0.1) is 19.3 Å². The Hall–Kier alpha value is -1.91.